The molecule has 1 amide bonds. The summed E-state index contributed by atoms with van der Waals surface area (Å²) in [6.07, 6.45) is 0.432. The van der Waals surface area contributed by atoms with Crippen molar-refractivity contribution in [1.29, 1.82) is 0 Å². The van der Waals surface area contributed by atoms with Crippen LogP contribution >= 0.6 is 15.9 Å². The highest BCUT2D eigenvalue weighted by atomic mass is 79.9. The summed E-state index contributed by atoms with van der Waals surface area (Å²) < 4.78 is 40.8. The molecule has 2 aromatic heterocycles. The van der Waals surface area contributed by atoms with Crippen molar-refractivity contribution in [2.75, 3.05) is 16.8 Å². The summed E-state index contributed by atoms with van der Waals surface area (Å²) in [6, 6.07) is 15.0. The number of amides is 1. The normalized spacial score (nSPS) is 17.2. The van der Waals surface area contributed by atoms with Crippen LogP contribution in [0.1, 0.15) is 28.5 Å². The van der Waals surface area contributed by atoms with Gasteiger partial charge in [0.15, 0.2) is 15.5 Å². The SMILES string of the molecule is Cc1nn(C2CCS(=O)(=O)C2)c2nc(-c3ccccc3)cc(C(=O)Nc3ccc(Br)cc3F)c12. The molecule has 4 aromatic rings. The third kappa shape index (κ3) is 4.23. The minimum Gasteiger partial charge on any atom is -0.319 e. The van der Waals surface area contributed by atoms with Crippen molar-refractivity contribution in [3.05, 3.63) is 76.1 Å². The zero-order valence-electron chi connectivity index (χ0n) is 18.1. The number of benzene rings is 2. The van der Waals surface area contributed by atoms with E-state index < -0.39 is 21.6 Å². The molecule has 0 spiro atoms. The van der Waals surface area contributed by atoms with Gasteiger partial charge in [0, 0.05) is 10.0 Å². The molecule has 0 saturated carbocycles. The number of carbonyl (C=O) groups excluding carboxylic acids is 1. The fourth-order valence-electron chi connectivity index (χ4n) is 4.25. The molecule has 2 aromatic carbocycles. The highest BCUT2D eigenvalue weighted by molar-refractivity contribution is 9.10. The third-order valence-electron chi connectivity index (χ3n) is 5.88. The Morgan fingerprint density at radius 2 is 1.94 bits per heavy atom. The van der Waals surface area contributed by atoms with Crippen LogP contribution in [-0.4, -0.2) is 40.6 Å². The van der Waals surface area contributed by atoms with Crippen LogP contribution in [0.25, 0.3) is 22.3 Å². The minimum absolute atomic E-state index is 0.0217. The van der Waals surface area contributed by atoms with E-state index in [1.807, 2.05) is 30.3 Å². The average Bonchev–Trinajstić information content (AvgIpc) is 3.34. The molecule has 7 nitrogen and oxygen atoms in total. The number of anilines is 1. The summed E-state index contributed by atoms with van der Waals surface area (Å²) in [5.74, 6) is -1.01. The van der Waals surface area contributed by atoms with Gasteiger partial charge in [-0.05, 0) is 37.6 Å². The number of nitrogens with zero attached hydrogens (tertiary/aromatic N) is 3. The molecular weight excluding hydrogens is 523 g/mol. The Bertz CT molecular complexity index is 1540. The molecule has 1 unspecified atom stereocenters. The van der Waals surface area contributed by atoms with E-state index >= 15 is 0 Å². The van der Waals surface area contributed by atoms with Crippen molar-refractivity contribution in [3.8, 4) is 11.3 Å². The number of aryl methyl sites for hydroxylation is 1. The number of hydrogen-bond donors (Lipinski definition) is 1. The maximum absolute atomic E-state index is 14.4. The zero-order chi connectivity index (χ0) is 24.0. The minimum atomic E-state index is -3.15. The molecule has 1 aliphatic heterocycles. The van der Waals surface area contributed by atoms with Crippen LogP contribution in [0, 0.1) is 12.7 Å². The number of fused-ring (bicyclic) bond motifs is 1. The van der Waals surface area contributed by atoms with Crippen LogP contribution < -0.4 is 5.32 Å². The van der Waals surface area contributed by atoms with Gasteiger partial charge in [0.05, 0.1) is 45.6 Å². The Balaban J connectivity index is 1.67. The van der Waals surface area contributed by atoms with Gasteiger partial charge in [0.2, 0.25) is 0 Å². The number of nitrogens with one attached hydrogen (secondary N) is 1. The van der Waals surface area contributed by atoms with Crippen molar-refractivity contribution in [2.24, 2.45) is 0 Å². The van der Waals surface area contributed by atoms with E-state index in [9.17, 15) is 17.6 Å². The quantitative estimate of drug-likeness (QED) is 0.395. The fraction of sp³-hybridized carbons (Fsp3) is 0.208. The Morgan fingerprint density at radius 3 is 2.62 bits per heavy atom. The summed E-state index contributed by atoms with van der Waals surface area (Å²) in [5.41, 5.74) is 2.65. The smallest absolute Gasteiger partial charge is 0.256 e. The molecule has 0 radical (unpaired) electrons. The molecule has 174 valence electrons. The van der Waals surface area contributed by atoms with Crippen molar-refractivity contribution < 1.29 is 17.6 Å². The molecule has 1 aliphatic rings. The second-order valence-corrected chi connectivity index (χ2v) is 11.4. The van der Waals surface area contributed by atoms with E-state index in [1.54, 1.807) is 23.7 Å². The average molecular weight is 543 g/mol. The van der Waals surface area contributed by atoms with Gasteiger partial charge in [-0.25, -0.2) is 22.5 Å². The Labute approximate surface area is 204 Å². The van der Waals surface area contributed by atoms with Crippen molar-refractivity contribution in [2.45, 2.75) is 19.4 Å². The first kappa shape index (κ1) is 22.7. The predicted molar refractivity (Wildman–Crippen MR) is 132 cm³/mol. The van der Waals surface area contributed by atoms with E-state index in [2.05, 4.69) is 26.3 Å². The first-order valence-electron chi connectivity index (χ1n) is 10.6. The number of pyridine rings is 1. The lowest BCUT2D eigenvalue weighted by atomic mass is 10.0. The van der Waals surface area contributed by atoms with Gasteiger partial charge in [-0.3, -0.25) is 4.79 Å². The van der Waals surface area contributed by atoms with E-state index in [4.69, 9.17) is 4.98 Å². The monoisotopic (exact) mass is 542 g/mol. The molecule has 3 heterocycles. The van der Waals surface area contributed by atoms with Crippen LogP contribution in [0.3, 0.4) is 0 Å². The molecule has 1 atom stereocenters. The molecule has 0 bridgehead atoms. The van der Waals surface area contributed by atoms with Crippen LogP contribution in [-0.2, 0) is 9.84 Å². The summed E-state index contributed by atoms with van der Waals surface area (Å²) in [4.78, 5) is 18.2. The summed E-state index contributed by atoms with van der Waals surface area (Å²) in [7, 11) is -3.15. The number of halogens is 2. The number of aromatic nitrogens is 3. The molecule has 0 aliphatic carbocycles. The molecule has 34 heavy (non-hydrogen) atoms. The maximum Gasteiger partial charge on any atom is 0.256 e. The summed E-state index contributed by atoms with van der Waals surface area (Å²) in [6.45, 7) is 1.75. The molecular formula is C24H20BrFN4O3S. The van der Waals surface area contributed by atoms with Gasteiger partial charge in [-0.15, -0.1) is 0 Å². The summed E-state index contributed by atoms with van der Waals surface area (Å²) in [5, 5.41) is 7.74. The van der Waals surface area contributed by atoms with Crippen LogP contribution in [0.15, 0.2) is 59.1 Å². The second kappa shape index (κ2) is 8.59. The molecule has 1 N–H and O–H groups in total. The van der Waals surface area contributed by atoms with Crippen molar-refractivity contribution >= 4 is 48.4 Å². The van der Waals surface area contributed by atoms with Gasteiger partial charge in [0.25, 0.3) is 5.91 Å². The lowest BCUT2D eigenvalue weighted by Gasteiger charge is -2.13. The Hall–Kier alpha value is -3.11. The lowest BCUT2D eigenvalue weighted by Crippen LogP contribution is -2.15. The highest BCUT2D eigenvalue weighted by Gasteiger charge is 2.32. The lowest BCUT2D eigenvalue weighted by molar-refractivity contribution is 0.102. The number of rotatable bonds is 4. The molecule has 1 fully saturated rings. The van der Waals surface area contributed by atoms with Crippen molar-refractivity contribution in [3.63, 3.8) is 0 Å². The van der Waals surface area contributed by atoms with Gasteiger partial charge in [0.1, 0.15) is 5.82 Å². The molecule has 10 heteroatoms. The van der Waals surface area contributed by atoms with Crippen molar-refractivity contribution in [1.82, 2.24) is 14.8 Å². The largest absolute Gasteiger partial charge is 0.319 e. The number of carbonyl (C=O) groups is 1. The topological polar surface area (TPSA) is 93.9 Å². The molecule has 5 rings (SSSR count). The summed E-state index contributed by atoms with van der Waals surface area (Å²) >= 11 is 3.21. The standard InChI is InChI=1S/C24H20BrFN4O3S/c1-14-22-18(24(31)28-20-8-7-16(25)11-19(20)26)12-21(15-5-3-2-4-6-15)27-23(22)30(29-14)17-9-10-34(32,33)13-17/h2-8,11-12,17H,9-10,13H2,1H3,(H,28,31). The van der Waals surface area contributed by atoms with Crippen LogP contribution in [0.2, 0.25) is 0 Å². The third-order valence-corrected chi connectivity index (χ3v) is 8.13. The van der Waals surface area contributed by atoms with Gasteiger partial charge >= 0.3 is 0 Å². The van der Waals surface area contributed by atoms with Gasteiger partial charge in [-0.2, -0.15) is 5.10 Å². The highest BCUT2D eigenvalue weighted by Crippen LogP contribution is 2.32. The number of sulfone groups is 1. The van der Waals surface area contributed by atoms with Gasteiger partial charge < -0.3 is 5.32 Å². The Kier molecular flexibility index (Phi) is 5.73. The number of hydrogen-bond acceptors (Lipinski definition) is 5. The van der Waals surface area contributed by atoms with Crippen LogP contribution in [0.5, 0.6) is 0 Å². The maximum atomic E-state index is 14.4. The van der Waals surface area contributed by atoms with E-state index in [1.165, 1.54) is 12.1 Å². The first-order valence-corrected chi connectivity index (χ1v) is 13.3. The predicted octanol–water partition coefficient (Wildman–Crippen LogP) is 4.92. The second-order valence-electron chi connectivity index (χ2n) is 8.28. The molecule has 1 saturated heterocycles. The van der Waals surface area contributed by atoms with E-state index in [0.717, 1.165) is 5.56 Å². The van der Waals surface area contributed by atoms with E-state index in [-0.39, 0.29) is 28.8 Å². The first-order chi connectivity index (χ1) is 16.2. The zero-order valence-corrected chi connectivity index (χ0v) is 20.5. The van der Waals surface area contributed by atoms with E-state index in [0.29, 0.717) is 33.3 Å². The fourth-order valence-corrected chi connectivity index (χ4v) is 6.28. The van der Waals surface area contributed by atoms with Gasteiger partial charge in [-0.1, -0.05) is 46.3 Å². The van der Waals surface area contributed by atoms with Crippen LogP contribution in [0.4, 0.5) is 10.1 Å². The Morgan fingerprint density at radius 1 is 1.18 bits per heavy atom.